The zero-order valence-corrected chi connectivity index (χ0v) is 8.86. The standard InChI is InChI=1S/C10H16N4/c1-8(2)5-12-10(4-11)9-6-13-14(3)7-9/h6-8,10,12H,5H2,1-3H3. The van der Waals surface area contributed by atoms with Gasteiger partial charge in [-0.1, -0.05) is 13.8 Å². The molecule has 1 atom stereocenters. The van der Waals surface area contributed by atoms with E-state index in [4.69, 9.17) is 5.26 Å². The Hall–Kier alpha value is -1.34. The third-order valence-electron chi connectivity index (χ3n) is 1.92. The van der Waals surface area contributed by atoms with E-state index in [0.29, 0.717) is 5.92 Å². The molecule has 1 rings (SSSR count). The Bertz CT molecular complexity index is 321. The molecule has 0 aromatic carbocycles. The SMILES string of the molecule is CC(C)CNC(C#N)c1cnn(C)c1. The zero-order chi connectivity index (χ0) is 10.6. The van der Waals surface area contributed by atoms with Crippen LogP contribution in [0.15, 0.2) is 12.4 Å². The number of nitrogens with one attached hydrogen (secondary N) is 1. The van der Waals surface area contributed by atoms with E-state index in [9.17, 15) is 0 Å². The quantitative estimate of drug-likeness (QED) is 0.780. The van der Waals surface area contributed by atoms with E-state index in [-0.39, 0.29) is 6.04 Å². The summed E-state index contributed by atoms with van der Waals surface area (Å²) in [7, 11) is 1.85. The smallest absolute Gasteiger partial charge is 0.124 e. The minimum Gasteiger partial charge on any atom is -0.298 e. The highest BCUT2D eigenvalue weighted by atomic mass is 15.2. The fraction of sp³-hybridized carbons (Fsp3) is 0.600. The average Bonchev–Trinajstić information content (AvgIpc) is 2.53. The summed E-state index contributed by atoms with van der Waals surface area (Å²) in [6, 6.07) is 1.98. The highest BCUT2D eigenvalue weighted by Gasteiger charge is 2.11. The van der Waals surface area contributed by atoms with E-state index in [2.05, 4.69) is 30.3 Å². The Balaban J connectivity index is 2.60. The molecule has 14 heavy (non-hydrogen) atoms. The van der Waals surface area contributed by atoms with Crippen molar-refractivity contribution in [3.8, 4) is 6.07 Å². The van der Waals surface area contributed by atoms with Crippen molar-refractivity contribution in [2.75, 3.05) is 6.54 Å². The van der Waals surface area contributed by atoms with Gasteiger partial charge in [0.05, 0.1) is 12.3 Å². The minimum atomic E-state index is -0.244. The van der Waals surface area contributed by atoms with Crippen LogP contribution in [0.5, 0.6) is 0 Å². The van der Waals surface area contributed by atoms with Crippen LogP contribution in [0.1, 0.15) is 25.5 Å². The fourth-order valence-electron chi connectivity index (χ4n) is 1.18. The number of rotatable bonds is 4. The topological polar surface area (TPSA) is 53.6 Å². The molecule has 1 aromatic heterocycles. The number of aryl methyl sites for hydroxylation is 1. The first kappa shape index (κ1) is 10.7. The van der Waals surface area contributed by atoms with Gasteiger partial charge in [-0.3, -0.25) is 10.00 Å². The molecule has 0 amide bonds. The lowest BCUT2D eigenvalue weighted by Crippen LogP contribution is -2.24. The molecule has 0 aliphatic heterocycles. The molecular weight excluding hydrogens is 176 g/mol. The van der Waals surface area contributed by atoms with Crippen molar-refractivity contribution in [2.45, 2.75) is 19.9 Å². The number of nitrogens with zero attached hydrogens (tertiary/aromatic N) is 3. The van der Waals surface area contributed by atoms with Gasteiger partial charge in [0.25, 0.3) is 0 Å². The Labute approximate surface area is 84.5 Å². The predicted molar refractivity (Wildman–Crippen MR) is 54.4 cm³/mol. The molecule has 0 saturated carbocycles. The monoisotopic (exact) mass is 192 g/mol. The molecule has 0 aliphatic carbocycles. The number of aromatic nitrogens is 2. The largest absolute Gasteiger partial charge is 0.298 e. The van der Waals surface area contributed by atoms with E-state index in [1.807, 2.05) is 13.2 Å². The average molecular weight is 192 g/mol. The van der Waals surface area contributed by atoms with Crippen LogP contribution in [-0.4, -0.2) is 16.3 Å². The molecular formula is C10H16N4. The maximum Gasteiger partial charge on any atom is 0.124 e. The highest BCUT2D eigenvalue weighted by Crippen LogP contribution is 2.10. The molecule has 76 valence electrons. The molecule has 1 aromatic rings. The molecule has 1 heterocycles. The fourth-order valence-corrected chi connectivity index (χ4v) is 1.18. The first-order chi connectivity index (χ1) is 6.63. The number of hydrogen-bond acceptors (Lipinski definition) is 3. The van der Waals surface area contributed by atoms with E-state index >= 15 is 0 Å². The molecule has 0 spiro atoms. The van der Waals surface area contributed by atoms with Crippen molar-refractivity contribution < 1.29 is 0 Å². The molecule has 4 nitrogen and oxygen atoms in total. The van der Waals surface area contributed by atoms with Gasteiger partial charge in [-0.15, -0.1) is 0 Å². The summed E-state index contributed by atoms with van der Waals surface area (Å²) in [5.41, 5.74) is 0.927. The molecule has 0 fully saturated rings. The van der Waals surface area contributed by atoms with Crippen LogP contribution in [0.2, 0.25) is 0 Å². The summed E-state index contributed by atoms with van der Waals surface area (Å²) in [5.74, 6) is 0.544. The van der Waals surface area contributed by atoms with Crippen LogP contribution in [0.4, 0.5) is 0 Å². The van der Waals surface area contributed by atoms with Gasteiger partial charge in [-0.2, -0.15) is 10.4 Å². The second-order valence-electron chi connectivity index (χ2n) is 3.81. The molecule has 0 aliphatic rings. The summed E-state index contributed by atoms with van der Waals surface area (Å²) in [4.78, 5) is 0. The maximum atomic E-state index is 8.95. The van der Waals surface area contributed by atoms with Crippen LogP contribution < -0.4 is 5.32 Å². The van der Waals surface area contributed by atoms with Crippen molar-refractivity contribution in [1.29, 1.82) is 5.26 Å². The first-order valence-corrected chi connectivity index (χ1v) is 4.75. The van der Waals surface area contributed by atoms with Crippen LogP contribution >= 0.6 is 0 Å². The van der Waals surface area contributed by atoms with Gasteiger partial charge in [0, 0.05) is 18.8 Å². The van der Waals surface area contributed by atoms with Gasteiger partial charge in [-0.25, -0.2) is 0 Å². The Kier molecular flexibility index (Phi) is 3.66. The first-order valence-electron chi connectivity index (χ1n) is 4.75. The second-order valence-corrected chi connectivity index (χ2v) is 3.81. The second kappa shape index (κ2) is 4.77. The summed E-state index contributed by atoms with van der Waals surface area (Å²) in [6.07, 6.45) is 3.59. The minimum absolute atomic E-state index is 0.244. The lowest BCUT2D eigenvalue weighted by atomic mass is 10.1. The lowest BCUT2D eigenvalue weighted by molar-refractivity contribution is 0.525. The summed E-state index contributed by atoms with van der Waals surface area (Å²) >= 11 is 0. The van der Waals surface area contributed by atoms with Crippen LogP contribution in [0.25, 0.3) is 0 Å². The lowest BCUT2D eigenvalue weighted by Gasteiger charge is -2.11. The molecule has 4 heteroatoms. The van der Waals surface area contributed by atoms with Gasteiger partial charge in [0.2, 0.25) is 0 Å². The van der Waals surface area contributed by atoms with E-state index in [1.165, 1.54) is 0 Å². The van der Waals surface area contributed by atoms with Crippen molar-refractivity contribution in [2.24, 2.45) is 13.0 Å². The van der Waals surface area contributed by atoms with Gasteiger partial charge in [-0.05, 0) is 12.5 Å². The molecule has 0 radical (unpaired) electrons. The van der Waals surface area contributed by atoms with Crippen LogP contribution in [0, 0.1) is 17.2 Å². The van der Waals surface area contributed by atoms with Crippen molar-refractivity contribution in [3.05, 3.63) is 18.0 Å². The van der Waals surface area contributed by atoms with Gasteiger partial charge >= 0.3 is 0 Å². The Morgan fingerprint density at radius 3 is 2.79 bits per heavy atom. The van der Waals surface area contributed by atoms with E-state index < -0.39 is 0 Å². The normalized spacial score (nSPS) is 12.8. The molecule has 0 saturated heterocycles. The summed E-state index contributed by atoms with van der Waals surface area (Å²) in [5, 5.41) is 16.2. The van der Waals surface area contributed by atoms with Crippen molar-refractivity contribution in [1.82, 2.24) is 15.1 Å². The number of nitriles is 1. The molecule has 0 bridgehead atoms. The van der Waals surface area contributed by atoms with Crippen LogP contribution in [-0.2, 0) is 7.05 Å². The highest BCUT2D eigenvalue weighted by molar-refractivity contribution is 5.17. The van der Waals surface area contributed by atoms with E-state index in [1.54, 1.807) is 10.9 Å². The zero-order valence-electron chi connectivity index (χ0n) is 8.86. The maximum absolute atomic E-state index is 8.95. The van der Waals surface area contributed by atoms with Gasteiger partial charge in [0.15, 0.2) is 0 Å². The summed E-state index contributed by atoms with van der Waals surface area (Å²) in [6.45, 7) is 5.07. The van der Waals surface area contributed by atoms with Crippen molar-refractivity contribution >= 4 is 0 Å². The summed E-state index contributed by atoms with van der Waals surface area (Å²) < 4.78 is 1.71. The third kappa shape index (κ3) is 2.86. The number of hydrogen-bond donors (Lipinski definition) is 1. The predicted octanol–water partition coefficient (Wildman–Crippen LogP) is 1.23. The van der Waals surface area contributed by atoms with Crippen molar-refractivity contribution in [3.63, 3.8) is 0 Å². The van der Waals surface area contributed by atoms with E-state index in [0.717, 1.165) is 12.1 Å². The van der Waals surface area contributed by atoms with Gasteiger partial charge < -0.3 is 0 Å². The third-order valence-corrected chi connectivity index (χ3v) is 1.92. The Morgan fingerprint density at radius 2 is 2.36 bits per heavy atom. The van der Waals surface area contributed by atoms with Crippen LogP contribution in [0.3, 0.4) is 0 Å². The van der Waals surface area contributed by atoms with Gasteiger partial charge in [0.1, 0.15) is 6.04 Å². The molecule has 1 N–H and O–H groups in total. The molecule has 1 unspecified atom stereocenters. The Morgan fingerprint density at radius 1 is 1.64 bits per heavy atom.